The van der Waals surface area contributed by atoms with Crippen molar-refractivity contribution in [3.8, 4) is 16.3 Å². The van der Waals surface area contributed by atoms with E-state index in [2.05, 4.69) is 26.0 Å². The molecular formula is C27H26NNaO3S. The second-order valence-electron chi connectivity index (χ2n) is 8.57. The van der Waals surface area contributed by atoms with E-state index in [0.29, 0.717) is 22.3 Å². The summed E-state index contributed by atoms with van der Waals surface area (Å²) >= 11 is 1.65. The Hall–Kier alpha value is -1.92. The number of hydrogen-bond acceptors (Lipinski definition) is 5. The van der Waals surface area contributed by atoms with Gasteiger partial charge in [-0.05, 0) is 73.7 Å². The van der Waals surface area contributed by atoms with Crippen molar-refractivity contribution in [2.45, 2.75) is 58.5 Å². The van der Waals surface area contributed by atoms with E-state index in [9.17, 15) is 9.90 Å². The summed E-state index contributed by atoms with van der Waals surface area (Å²) in [5.41, 5.74) is 3.67. The van der Waals surface area contributed by atoms with Crippen LogP contribution in [0.1, 0.15) is 60.5 Å². The summed E-state index contributed by atoms with van der Waals surface area (Å²) in [6.45, 7) is 4.14. The molecule has 0 saturated heterocycles. The Morgan fingerprint density at radius 2 is 1.91 bits per heavy atom. The Bertz CT molecular complexity index is 1320. The number of nitrogens with zero attached hydrogens (tertiary/aromatic N) is 1. The van der Waals surface area contributed by atoms with Gasteiger partial charge in [-0.25, -0.2) is 4.98 Å². The smallest absolute Gasteiger partial charge is 0.545 e. The van der Waals surface area contributed by atoms with Crippen LogP contribution in [0.4, 0.5) is 0 Å². The first-order valence-corrected chi connectivity index (χ1v) is 12.2. The number of fused-ring (bicyclic) bond motifs is 2. The van der Waals surface area contributed by atoms with Gasteiger partial charge in [-0.3, -0.25) is 0 Å². The number of carboxylic acids is 1. The SMILES string of the molecule is CCc1ccc(OC2CCCCC2)c2c(C(=O)[O-])cc(-c3sc4ccccc4c3C)nc12.[Na+]. The average Bonchev–Trinajstić information content (AvgIpc) is 3.16. The van der Waals surface area contributed by atoms with Crippen molar-refractivity contribution < 1.29 is 44.2 Å². The molecule has 0 amide bonds. The van der Waals surface area contributed by atoms with Crippen LogP contribution in [0.2, 0.25) is 0 Å². The van der Waals surface area contributed by atoms with Crippen LogP contribution in [0.25, 0.3) is 31.6 Å². The third kappa shape index (κ3) is 4.57. The maximum Gasteiger partial charge on any atom is 1.00 e. The molecular weight excluding hydrogens is 441 g/mol. The van der Waals surface area contributed by atoms with Gasteiger partial charge < -0.3 is 14.6 Å². The van der Waals surface area contributed by atoms with Crippen LogP contribution in [0.5, 0.6) is 5.75 Å². The summed E-state index contributed by atoms with van der Waals surface area (Å²) in [6.07, 6.45) is 6.42. The first-order chi connectivity index (χ1) is 15.6. The third-order valence-electron chi connectivity index (χ3n) is 6.53. The van der Waals surface area contributed by atoms with Crippen LogP contribution < -0.4 is 39.4 Å². The molecule has 1 fully saturated rings. The van der Waals surface area contributed by atoms with Gasteiger partial charge in [0, 0.05) is 10.3 Å². The molecule has 0 radical (unpaired) electrons. The van der Waals surface area contributed by atoms with Crippen molar-refractivity contribution in [2.75, 3.05) is 0 Å². The van der Waals surface area contributed by atoms with Crippen LogP contribution in [0.3, 0.4) is 0 Å². The molecule has 6 heteroatoms. The molecule has 164 valence electrons. The first-order valence-electron chi connectivity index (χ1n) is 11.4. The van der Waals surface area contributed by atoms with Crippen LogP contribution in [-0.4, -0.2) is 17.1 Å². The summed E-state index contributed by atoms with van der Waals surface area (Å²) in [6, 6.07) is 13.8. The summed E-state index contributed by atoms with van der Waals surface area (Å²) in [5.74, 6) is -0.588. The number of aromatic carboxylic acids is 1. The van der Waals surface area contributed by atoms with E-state index in [1.165, 1.54) is 16.5 Å². The molecule has 0 atom stereocenters. The Balaban J connectivity index is 0.00000259. The van der Waals surface area contributed by atoms with Gasteiger partial charge in [0.15, 0.2) is 0 Å². The van der Waals surface area contributed by atoms with Gasteiger partial charge in [0.05, 0.1) is 33.5 Å². The fraction of sp³-hybridized carbons (Fsp3) is 0.333. The van der Waals surface area contributed by atoms with E-state index in [1.807, 2.05) is 24.3 Å². The van der Waals surface area contributed by atoms with Gasteiger partial charge in [0.1, 0.15) is 5.75 Å². The number of aromatic nitrogens is 1. The normalized spacial score (nSPS) is 14.4. The van der Waals surface area contributed by atoms with Crippen molar-refractivity contribution in [3.05, 3.63) is 59.2 Å². The molecule has 1 aliphatic rings. The number of pyridine rings is 1. The molecule has 33 heavy (non-hydrogen) atoms. The second kappa shape index (κ2) is 10.1. The maximum atomic E-state index is 12.3. The molecule has 2 aromatic heterocycles. The zero-order valence-electron chi connectivity index (χ0n) is 19.4. The number of rotatable bonds is 5. The van der Waals surface area contributed by atoms with Crippen molar-refractivity contribution >= 4 is 38.3 Å². The van der Waals surface area contributed by atoms with E-state index >= 15 is 0 Å². The van der Waals surface area contributed by atoms with Crippen LogP contribution >= 0.6 is 11.3 Å². The van der Waals surface area contributed by atoms with Gasteiger partial charge in [-0.15, -0.1) is 11.3 Å². The number of carbonyl (C=O) groups is 1. The van der Waals surface area contributed by atoms with E-state index in [1.54, 1.807) is 17.4 Å². The second-order valence-corrected chi connectivity index (χ2v) is 9.62. The Morgan fingerprint density at radius 3 is 2.61 bits per heavy atom. The summed E-state index contributed by atoms with van der Waals surface area (Å²) in [4.78, 5) is 18.3. The zero-order chi connectivity index (χ0) is 22.2. The molecule has 0 spiro atoms. The molecule has 2 heterocycles. The number of ether oxygens (including phenoxy) is 1. The van der Waals surface area contributed by atoms with Crippen LogP contribution in [0, 0.1) is 6.92 Å². The van der Waals surface area contributed by atoms with Crippen molar-refractivity contribution in [1.82, 2.24) is 4.98 Å². The predicted molar refractivity (Wildman–Crippen MR) is 129 cm³/mol. The molecule has 1 saturated carbocycles. The number of hydrogen-bond donors (Lipinski definition) is 0. The van der Waals surface area contributed by atoms with Gasteiger partial charge >= 0.3 is 29.6 Å². The molecule has 4 aromatic rings. The van der Waals surface area contributed by atoms with Gasteiger partial charge in [0.2, 0.25) is 0 Å². The Morgan fingerprint density at radius 1 is 1.15 bits per heavy atom. The van der Waals surface area contributed by atoms with E-state index in [0.717, 1.165) is 48.1 Å². The van der Waals surface area contributed by atoms with Crippen LogP contribution in [-0.2, 0) is 6.42 Å². The van der Waals surface area contributed by atoms with E-state index in [-0.39, 0.29) is 41.2 Å². The van der Waals surface area contributed by atoms with Gasteiger partial charge in [-0.2, -0.15) is 0 Å². The third-order valence-corrected chi connectivity index (χ3v) is 7.82. The predicted octanol–water partition coefficient (Wildman–Crippen LogP) is 3.07. The molecule has 0 bridgehead atoms. The first kappa shape index (κ1) is 24.2. The summed E-state index contributed by atoms with van der Waals surface area (Å²) in [5, 5.41) is 14.1. The average molecular weight is 468 g/mol. The monoisotopic (exact) mass is 467 g/mol. The minimum atomic E-state index is -1.20. The van der Waals surface area contributed by atoms with Crippen molar-refractivity contribution in [1.29, 1.82) is 0 Å². The topological polar surface area (TPSA) is 62.2 Å². The van der Waals surface area contributed by atoms with Gasteiger partial charge in [-0.1, -0.05) is 37.6 Å². The standard InChI is InChI=1S/C27H27NO3S.Na/c1-3-17-13-14-22(31-18-9-5-4-6-10-18)24-20(27(29)30)15-21(28-25(17)24)26-16(2)19-11-7-8-12-23(19)32-26;/h7-8,11-15,18H,3-6,9-10H2,1-2H3,(H,29,30);/q;+1/p-1. The van der Waals surface area contributed by atoms with Crippen LogP contribution in [0.15, 0.2) is 42.5 Å². The Labute approximate surface area is 220 Å². The minimum absolute atomic E-state index is 0. The zero-order valence-corrected chi connectivity index (χ0v) is 22.3. The molecule has 2 aromatic carbocycles. The fourth-order valence-electron chi connectivity index (χ4n) is 4.81. The molecule has 5 rings (SSSR count). The number of aryl methyl sites for hydroxylation is 2. The molecule has 4 nitrogen and oxygen atoms in total. The fourth-order valence-corrected chi connectivity index (χ4v) is 5.98. The number of thiophene rings is 1. The number of carboxylic acid groups (broad SMARTS) is 1. The minimum Gasteiger partial charge on any atom is -0.545 e. The largest absolute Gasteiger partial charge is 1.00 e. The summed E-state index contributed by atoms with van der Waals surface area (Å²) < 4.78 is 7.52. The van der Waals surface area contributed by atoms with E-state index < -0.39 is 5.97 Å². The molecule has 0 unspecified atom stereocenters. The van der Waals surface area contributed by atoms with E-state index in [4.69, 9.17) is 9.72 Å². The number of carbonyl (C=O) groups excluding carboxylic acids is 1. The summed E-state index contributed by atoms with van der Waals surface area (Å²) in [7, 11) is 0. The molecule has 1 aliphatic carbocycles. The van der Waals surface area contributed by atoms with Gasteiger partial charge in [0.25, 0.3) is 0 Å². The number of benzene rings is 2. The molecule has 0 aliphatic heterocycles. The quantitative estimate of drug-likeness (QED) is 0.423. The maximum absolute atomic E-state index is 12.3. The molecule has 0 N–H and O–H groups in total. The van der Waals surface area contributed by atoms with Crippen molar-refractivity contribution in [3.63, 3.8) is 0 Å². The Kier molecular flexibility index (Phi) is 7.44. The van der Waals surface area contributed by atoms with Crippen molar-refractivity contribution in [2.24, 2.45) is 0 Å².